The normalized spacial score (nSPS) is 15.9. The summed E-state index contributed by atoms with van der Waals surface area (Å²) in [5.74, 6) is -1.59. The van der Waals surface area contributed by atoms with Crippen LogP contribution in [0.4, 0.5) is 4.39 Å². The zero-order valence-electron chi connectivity index (χ0n) is 14.9. The minimum atomic E-state index is -1.05. The van der Waals surface area contributed by atoms with Gasteiger partial charge in [-0.25, -0.2) is 9.18 Å². The van der Waals surface area contributed by atoms with Crippen molar-refractivity contribution in [3.63, 3.8) is 0 Å². The molecule has 2 aromatic rings. The topological polar surface area (TPSA) is 75.6 Å². The Kier molecular flexibility index (Phi) is 5.86. The molecular weight excluding hydrogens is 349 g/mol. The Morgan fingerprint density at radius 1 is 1.07 bits per heavy atom. The zero-order chi connectivity index (χ0) is 19.3. The van der Waals surface area contributed by atoms with E-state index in [1.807, 2.05) is 0 Å². The zero-order valence-corrected chi connectivity index (χ0v) is 14.9. The summed E-state index contributed by atoms with van der Waals surface area (Å²) >= 11 is 0. The van der Waals surface area contributed by atoms with Gasteiger partial charge in [0.05, 0.1) is 12.0 Å². The van der Waals surface area contributed by atoms with Gasteiger partial charge < -0.3 is 15.2 Å². The molecule has 0 atom stereocenters. The van der Waals surface area contributed by atoms with Crippen LogP contribution in [0.15, 0.2) is 48.5 Å². The summed E-state index contributed by atoms with van der Waals surface area (Å²) in [4.78, 5) is 23.8. The van der Waals surface area contributed by atoms with E-state index in [4.69, 9.17) is 4.74 Å². The van der Waals surface area contributed by atoms with Gasteiger partial charge in [-0.2, -0.15) is 0 Å². The summed E-state index contributed by atoms with van der Waals surface area (Å²) in [5.41, 5.74) is 1.27. The van der Waals surface area contributed by atoms with Crippen LogP contribution in [0.3, 0.4) is 0 Å². The predicted molar refractivity (Wildman–Crippen MR) is 98.2 cm³/mol. The second-order valence-electron chi connectivity index (χ2n) is 6.82. The number of hydrogen-bond acceptors (Lipinski definition) is 3. The molecule has 142 valence electrons. The standard InChI is InChI=1S/C21H22FNO4/c22-17-7-5-16(6-8-17)21(9-11-27-12-10-21)14-23-19(24)13-15-3-1-2-4-18(15)20(25)26/h1-8H,9-14H2,(H,23,24)(H,25,26). The molecular formula is C21H22FNO4. The maximum Gasteiger partial charge on any atom is 0.335 e. The number of ether oxygens (including phenoxy) is 1. The predicted octanol–water partition coefficient (Wildman–Crippen LogP) is 2.93. The van der Waals surface area contributed by atoms with Gasteiger partial charge in [0.1, 0.15) is 5.82 Å². The third-order valence-electron chi connectivity index (χ3n) is 5.13. The first-order chi connectivity index (χ1) is 13.0. The van der Waals surface area contributed by atoms with Crippen molar-refractivity contribution in [3.05, 3.63) is 71.0 Å². The second-order valence-corrected chi connectivity index (χ2v) is 6.82. The first-order valence-corrected chi connectivity index (χ1v) is 8.92. The van der Waals surface area contributed by atoms with Gasteiger partial charge in [0.15, 0.2) is 0 Å². The van der Waals surface area contributed by atoms with Crippen LogP contribution in [0.1, 0.15) is 34.3 Å². The molecule has 0 radical (unpaired) electrons. The van der Waals surface area contributed by atoms with Crippen LogP contribution in [0.25, 0.3) is 0 Å². The lowest BCUT2D eigenvalue weighted by Gasteiger charge is -2.38. The highest BCUT2D eigenvalue weighted by molar-refractivity contribution is 5.91. The van der Waals surface area contributed by atoms with Gasteiger partial charge in [-0.05, 0) is 42.2 Å². The molecule has 5 nitrogen and oxygen atoms in total. The molecule has 1 saturated heterocycles. The Labute approximate surface area is 157 Å². The molecule has 3 rings (SSSR count). The highest BCUT2D eigenvalue weighted by Gasteiger charge is 2.34. The number of carboxylic acid groups (broad SMARTS) is 1. The average Bonchev–Trinajstić information content (AvgIpc) is 2.68. The van der Waals surface area contributed by atoms with E-state index < -0.39 is 5.97 Å². The number of nitrogens with one attached hydrogen (secondary N) is 1. The van der Waals surface area contributed by atoms with E-state index in [1.165, 1.54) is 18.2 Å². The van der Waals surface area contributed by atoms with Gasteiger partial charge in [0.2, 0.25) is 5.91 Å². The molecule has 0 aromatic heterocycles. The van der Waals surface area contributed by atoms with Gasteiger partial charge in [-0.1, -0.05) is 30.3 Å². The third kappa shape index (κ3) is 4.52. The summed E-state index contributed by atoms with van der Waals surface area (Å²) in [6.07, 6.45) is 1.45. The number of carbonyl (C=O) groups is 2. The summed E-state index contributed by atoms with van der Waals surface area (Å²) in [6, 6.07) is 12.9. The van der Waals surface area contributed by atoms with Crippen LogP contribution in [0, 0.1) is 5.82 Å². The van der Waals surface area contributed by atoms with Crippen LogP contribution >= 0.6 is 0 Å². The largest absolute Gasteiger partial charge is 0.478 e. The quantitative estimate of drug-likeness (QED) is 0.819. The van der Waals surface area contributed by atoms with E-state index in [1.54, 1.807) is 30.3 Å². The minimum Gasteiger partial charge on any atom is -0.478 e. The number of rotatable bonds is 6. The first-order valence-electron chi connectivity index (χ1n) is 8.92. The monoisotopic (exact) mass is 371 g/mol. The molecule has 0 spiro atoms. The molecule has 27 heavy (non-hydrogen) atoms. The van der Waals surface area contributed by atoms with Crippen molar-refractivity contribution in [1.29, 1.82) is 0 Å². The maximum atomic E-state index is 13.3. The van der Waals surface area contributed by atoms with E-state index >= 15 is 0 Å². The fourth-order valence-electron chi connectivity index (χ4n) is 3.52. The summed E-state index contributed by atoms with van der Waals surface area (Å²) in [6.45, 7) is 1.56. The first kappa shape index (κ1) is 19.0. The van der Waals surface area contributed by atoms with Crippen molar-refractivity contribution in [3.8, 4) is 0 Å². The molecule has 2 N–H and O–H groups in total. The van der Waals surface area contributed by atoms with Crippen LogP contribution in [-0.2, 0) is 21.4 Å². The van der Waals surface area contributed by atoms with Gasteiger partial charge in [0, 0.05) is 25.2 Å². The van der Waals surface area contributed by atoms with Crippen LogP contribution in [0.5, 0.6) is 0 Å². The molecule has 6 heteroatoms. The van der Waals surface area contributed by atoms with E-state index in [0.29, 0.717) is 25.3 Å². The molecule has 0 unspecified atom stereocenters. The Bertz CT molecular complexity index is 813. The lowest BCUT2D eigenvalue weighted by molar-refractivity contribution is -0.121. The molecule has 0 saturated carbocycles. The SMILES string of the molecule is O=C(Cc1ccccc1C(=O)O)NCC1(c2ccc(F)cc2)CCOCC1. The van der Waals surface area contributed by atoms with E-state index in [9.17, 15) is 19.1 Å². The van der Waals surface area contributed by atoms with Crippen LogP contribution < -0.4 is 5.32 Å². The number of hydrogen-bond donors (Lipinski definition) is 2. The van der Waals surface area contributed by atoms with E-state index in [0.717, 1.165) is 18.4 Å². The van der Waals surface area contributed by atoms with Crippen molar-refractivity contribution in [1.82, 2.24) is 5.32 Å². The fraction of sp³-hybridized carbons (Fsp3) is 0.333. The average molecular weight is 371 g/mol. The van der Waals surface area contributed by atoms with Gasteiger partial charge in [-0.15, -0.1) is 0 Å². The fourth-order valence-corrected chi connectivity index (χ4v) is 3.52. The third-order valence-corrected chi connectivity index (χ3v) is 5.13. The highest BCUT2D eigenvalue weighted by Crippen LogP contribution is 2.34. The lowest BCUT2D eigenvalue weighted by Crippen LogP contribution is -2.45. The van der Waals surface area contributed by atoms with E-state index in [-0.39, 0.29) is 29.1 Å². The molecule has 0 bridgehead atoms. The Morgan fingerprint density at radius 3 is 2.41 bits per heavy atom. The molecule has 1 amide bonds. The number of amides is 1. The highest BCUT2D eigenvalue weighted by atomic mass is 19.1. The van der Waals surface area contributed by atoms with Crippen molar-refractivity contribution in [2.24, 2.45) is 0 Å². The number of aromatic carboxylic acids is 1. The molecule has 1 fully saturated rings. The van der Waals surface area contributed by atoms with Gasteiger partial charge in [0.25, 0.3) is 0 Å². The van der Waals surface area contributed by atoms with Crippen LogP contribution in [0.2, 0.25) is 0 Å². The molecule has 0 aliphatic carbocycles. The van der Waals surface area contributed by atoms with Gasteiger partial charge >= 0.3 is 5.97 Å². The van der Waals surface area contributed by atoms with Crippen LogP contribution in [-0.4, -0.2) is 36.7 Å². The number of halogens is 1. The molecule has 1 aliphatic heterocycles. The van der Waals surface area contributed by atoms with Crippen molar-refractivity contribution in [2.45, 2.75) is 24.7 Å². The number of carboxylic acids is 1. The number of carbonyl (C=O) groups excluding carboxylic acids is 1. The van der Waals surface area contributed by atoms with Crippen molar-refractivity contribution >= 4 is 11.9 Å². The molecule has 1 heterocycles. The lowest BCUT2D eigenvalue weighted by atomic mass is 9.74. The smallest absolute Gasteiger partial charge is 0.335 e. The Morgan fingerprint density at radius 2 is 1.74 bits per heavy atom. The molecule has 1 aliphatic rings. The van der Waals surface area contributed by atoms with E-state index in [2.05, 4.69) is 5.32 Å². The number of benzene rings is 2. The Balaban J connectivity index is 1.71. The summed E-state index contributed by atoms with van der Waals surface area (Å²) in [7, 11) is 0. The van der Waals surface area contributed by atoms with Crippen molar-refractivity contribution < 1.29 is 23.8 Å². The second kappa shape index (κ2) is 8.31. The summed E-state index contributed by atoms with van der Waals surface area (Å²) < 4.78 is 18.8. The van der Waals surface area contributed by atoms with Gasteiger partial charge in [-0.3, -0.25) is 4.79 Å². The maximum absolute atomic E-state index is 13.3. The van der Waals surface area contributed by atoms with Crippen molar-refractivity contribution in [2.75, 3.05) is 19.8 Å². The summed E-state index contributed by atoms with van der Waals surface area (Å²) in [5, 5.41) is 12.2. The minimum absolute atomic E-state index is 0.00152. The molecule has 2 aromatic carbocycles. The Hall–Kier alpha value is -2.73.